The number of fused-ring (bicyclic) bond motifs is 1. The van der Waals surface area contributed by atoms with Crippen LogP contribution in [0.3, 0.4) is 0 Å². The molecule has 0 radical (unpaired) electrons. The average Bonchev–Trinajstić information content (AvgIpc) is 3.19. The average molecular weight is 434 g/mol. The highest BCUT2D eigenvalue weighted by atomic mass is 16.4. The Morgan fingerprint density at radius 1 is 1.09 bits per heavy atom. The van der Waals surface area contributed by atoms with Crippen molar-refractivity contribution < 1.29 is 19.5 Å². The summed E-state index contributed by atoms with van der Waals surface area (Å²) in [5, 5.41) is 9.24. The van der Waals surface area contributed by atoms with Crippen molar-refractivity contribution >= 4 is 34.5 Å². The summed E-state index contributed by atoms with van der Waals surface area (Å²) in [5.41, 5.74) is 3.15. The van der Waals surface area contributed by atoms with Gasteiger partial charge in [0.2, 0.25) is 0 Å². The molecule has 2 heterocycles. The molecule has 0 saturated carbocycles. The maximum absolute atomic E-state index is 13.1. The van der Waals surface area contributed by atoms with Gasteiger partial charge in [-0.25, -0.2) is 14.6 Å². The van der Waals surface area contributed by atoms with Crippen molar-refractivity contribution in [2.24, 2.45) is 13.0 Å². The van der Waals surface area contributed by atoms with E-state index in [1.165, 1.54) is 12.1 Å². The summed E-state index contributed by atoms with van der Waals surface area (Å²) in [6.45, 7) is 3.25. The summed E-state index contributed by atoms with van der Waals surface area (Å²) in [5.74, 6) is -1.06. The number of aromatic nitrogens is 2. The van der Waals surface area contributed by atoms with Gasteiger partial charge < -0.3 is 14.6 Å². The number of carbonyl (C=O) groups excluding carboxylic acids is 2. The van der Waals surface area contributed by atoms with Crippen LogP contribution in [0.15, 0.2) is 48.8 Å². The van der Waals surface area contributed by atoms with Gasteiger partial charge in [0.25, 0.3) is 0 Å². The summed E-state index contributed by atoms with van der Waals surface area (Å²) in [4.78, 5) is 45.1. The number of Topliss-reactive ketones (excluding diaryl/α,β-unsaturated/α-hetero) is 1. The number of ketones is 1. The van der Waals surface area contributed by atoms with Crippen LogP contribution in [0.5, 0.6) is 0 Å². The summed E-state index contributed by atoms with van der Waals surface area (Å²) in [6, 6.07) is 11.8. The van der Waals surface area contributed by atoms with Gasteiger partial charge in [-0.1, -0.05) is 6.07 Å². The van der Waals surface area contributed by atoms with Crippen LogP contribution in [0.1, 0.15) is 40.5 Å². The summed E-state index contributed by atoms with van der Waals surface area (Å²) in [6.07, 6.45) is 2.93. The smallest absolute Gasteiger partial charge is 0.335 e. The van der Waals surface area contributed by atoms with Crippen molar-refractivity contribution in [3.8, 4) is 0 Å². The van der Waals surface area contributed by atoms with Crippen molar-refractivity contribution in [1.82, 2.24) is 14.5 Å². The maximum atomic E-state index is 13.1. The highest BCUT2D eigenvalue weighted by molar-refractivity contribution is 6.01. The number of carboxylic acids is 1. The zero-order valence-corrected chi connectivity index (χ0v) is 18.2. The van der Waals surface area contributed by atoms with Crippen molar-refractivity contribution in [2.45, 2.75) is 19.8 Å². The molecular weight excluding hydrogens is 408 g/mol. The second-order valence-corrected chi connectivity index (χ2v) is 8.07. The number of rotatable bonds is 5. The van der Waals surface area contributed by atoms with E-state index in [9.17, 15) is 19.5 Å². The molecule has 3 aromatic rings. The van der Waals surface area contributed by atoms with E-state index in [-0.39, 0.29) is 23.3 Å². The fourth-order valence-corrected chi connectivity index (χ4v) is 4.25. The van der Waals surface area contributed by atoms with Crippen LogP contribution in [0, 0.1) is 5.92 Å². The molecule has 2 amide bonds. The monoisotopic (exact) mass is 434 g/mol. The number of piperidine rings is 1. The molecule has 8 nitrogen and oxygen atoms in total. The second-order valence-electron chi connectivity index (χ2n) is 8.07. The third-order valence-corrected chi connectivity index (χ3v) is 6.10. The molecule has 0 atom stereocenters. The first-order valence-corrected chi connectivity index (χ1v) is 10.7. The van der Waals surface area contributed by atoms with Crippen LogP contribution in [0.2, 0.25) is 0 Å². The molecule has 1 N–H and O–H groups in total. The Balaban J connectivity index is 1.43. The van der Waals surface area contributed by atoms with E-state index in [1.807, 2.05) is 36.7 Å². The first-order chi connectivity index (χ1) is 15.4. The molecule has 0 aliphatic carbocycles. The Morgan fingerprint density at radius 3 is 2.53 bits per heavy atom. The number of carboxylic acid groups (broad SMARTS) is 1. The molecule has 1 saturated heterocycles. The van der Waals surface area contributed by atoms with Gasteiger partial charge >= 0.3 is 12.0 Å². The second kappa shape index (κ2) is 8.82. The number of imidazole rings is 1. The van der Waals surface area contributed by atoms with E-state index in [4.69, 9.17) is 0 Å². The number of anilines is 1. The Labute approximate surface area is 186 Å². The predicted molar refractivity (Wildman–Crippen MR) is 121 cm³/mol. The van der Waals surface area contributed by atoms with Crippen molar-refractivity contribution in [3.63, 3.8) is 0 Å². The van der Waals surface area contributed by atoms with E-state index in [0.29, 0.717) is 43.7 Å². The third kappa shape index (κ3) is 4.08. The molecule has 8 heteroatoms. The number of likely N-dealkylation sites (tertiary alicyclic amines) is 1. The zero-order chi connectivity index (χ0) is 22.8. The quantitative estimate of drug-likeness (QED) is 0.616. The molecule has 1 aliphatic rings. The van der Waals surface area contributed by atoms with Gasteiger partial charge in [-0.15, -0.1) is 0 Å². The number of aryl methyl sites for hydroxylation is 1. The van der Waals surface area contributed by atoms with Gasteiger partial charge in [-0.05, 0) is 56.2 Å². The zero-order valence-electron chi connectivity index (χ0n) is 18.2. The van der Waals surface area contributed by atoms with Crippen LogP contribution in [-0.2, 0) is 7.05 Å². The van der Waals surface area contributed by atoms with E-state index >= 15 is 0 Å². The Kier molecular flexibility index (Phi) is 5.94. The van der Waals surface area contributed by atoms with Gasteiger partial charge in [0.1, 0.15) is 0 Å². The molecule has 32 heavy (non-hydrogen) atoms. The molecule has 1 fully saturated rings. The van der Waals surface area contributed by atoms with Crippen LogP contribution in [0.4, 0.5) is 10.5 Å². The predicted octanol–water partition coefficient (Wildman–Crippen LogP) is 3.81. The fraction of sp³-hybridized carbons (Fsp3) is 0.333. The van der Waals surface area contributed by atoms with E-state index in [0.717, 1.165) is 11.0 Å². The first-order valence-electron chi connectivity index (χ1n) is 10.7. The molecule has 0 spiro atoms. The number of nitrogens with zero attached hydrogens (tertiary/aromatic N) is 4. The lowest BCUT2D eigenvalue weighted by Crippen LogP contribution is -2.47. The number of hydrogen-bond donors (Lipinski definition) is 1. The fourth-order valence-electron chi connectivity index (χ4n) is 4.25. The minimum absolute atomic E-state index is 0.0988. The Hall–Kier alpha value is -3.68. The molecule has 166 valence electrons. The lowest BCUT2D eigenvalue weighted by molar-refractivity contribution is 0.0696. The number of carbonyl (C=O) groups is 3. The standard InChI is InChI=1S/C24H26N4O4/c1-3-28(19-6-4-5-18(13-19)23(30)31)24(32)27-11-9-16(10-12-27)22(29)17-7-8-20-21(14-17)26(2)15-25-20/h4-8,13-16H,3,9-12H2,1-2H3,(H,30,31). The van der Waals surface area contributed by atoms with Crippen molar-refractivity contribution in [3.05, 3.63) is 59.9 Å². The lowest BCUT2D eigenvalue weighted by atomic mass is 9.89. The van der Waals surface area contributed by atoms with Crippen LogP contribution in [-0.4, -0.2) is 57.0 Å². The number of amides is 2. The summed E-state index contributed by atoms with van der Waals surface area (Å²) >= 11 is 0. The summed E-state index contributed by atoms with van der Waals surface area (Å²) in [7, 11) is 1.90. The summed E-state index contributed by atoms with van der Waals surface area (Å²) < 4.78 is 1.89. The molecule has 0 unspecified atom stereocenters. The minimum atomic E-state index is -1.03. The topological polar surface area (TPSA) is 95.7 Å². The van der Waals surface area contributed by atoms with Gasteiger partial charge in [-0.3, -0.25) is 9.69 Å². The minimum Gasteiger partial charge on any atom is -0.478 e. The molecule has 1 aromatic heterocycles. The molecule has 1 aliphatic heterocycles. The highest BCUT2D eigenvalue weighted by Gasteiger charge is 2.30. The normalized spacial score (nSPS) is 14.5. The van der Waals surface area contributed by atoms with Crippen molar-refractivity contribution in [1.29, 1.82) is 0 Å². The molecule has 2 aromatic carbocycles. The largest absolute Gasteiger partial charge is 0.478 e. The molecule has 4 rings (SSSR count). The van der Waals surface area contributed by atoms with Gasteiger partial charge in [-0.2, -0.15) is 0 Å². The van der Waals surface area contributed by atoms with Gasteiger partial charge in [0.05, 0.1) is 22.9 Å². The molecular formula is C24H26N4O4. The lowest BCUT2D eigenvalue weighted by Gasteiger charge is -2.35. The number of benzene rings is 2. The number of aromatic carboxylic acids is 1. The van der Waals surface area contributed by atoms with Gasteiger partial charge in [0.15, 0.2) is 5.78 Å². The van der Waals surface area contributed by atoms with E-state index in [1.54, 1.807) is 28.3 Å². The SMILES string of the molecule is CCN(C(=O)N1CCC(C(=O)c2ccc3ncn(C)c3c2)CC1)c1cccc(C(=O)O)c1. The highest BCUT2D eigenvalue weighted by Crippen LogP contribution is 2.26. The van der Waals surface area contributed by atoms with Crippen LogP contribution < -0.4 is 4.90 Å². The van der Waals surface area contributed by atoms with Crippen molar-refractivity contribution in [2.75, 3.05) is 24.5 Å². The van der Waals surface area contributed by atoms with E-state index < -0.39 is 5.97 Å². The van der Waals surface area contributed by atoms with Gasteiger partial charge in [0, 0.05) is 43.9 Å². The van der Waals surface area contributed by atoms with E-state index in [2.05, 4.69) is 4.98 Å². The number of hydrogen-bond acceptors (Lipinski definition) is 4. The third-order valence-electron chi connectivity index (χ3n) is 6.10. The Bertz CT molecular complexity index is 1180. The maximum Gasteiger partial charge on any atom is 0.335 e. The molecule has 0 bridgehead atoms. The van der Waals surface area contributed by atoms with Crippen LogP contribution >= 0.6 is 0 Å². The number of urea groups is 1. The Morgan fingerprint density at radius 2 is 1.84 bits per heavy atom. The van der Waals surface area contributed by atoms with Crippen LogP contribution in [0.25, 0.3) is 11.0 Å². The first kappa shape index (κ1) is 21.5.